The molecule has 0 fully saturated rings. The molecule has 120 valence electrons. The first-order valence-corrected chi connectivity index (χ1v) is 8.26. The fourth-order valence-electron chi connectivity index (χ4n) is 1.54. The lowest BCUT2D eigenvalue weighted by molar-refractivity contribution is 0.0170. The van der Waals surface area contributed by atoms with Crippen molar-refractivity contribution in [3.05, 3.63) is 5.01 Å². The summed E-state index contributed by atoms with van der Waals surface area (Å²) in [6, 6.07) is -0.368. The molecule has 7 heteroatoms. The lowest BCUT2D eigenvalue weighted by atomic mass is 9.93. The molecule has 2 amide bonds. The van der Waals surface area contributed by atoms with Crippen LogP contribution in [0.5, 0.6) is 0 Å². The predicted molar refractivity (Wildman–Crippen MR) is 85.6 cm³/mol. The summed E-state index contributed by atoms with van der Waals surface area (Å²) in [7, 11) is 0. The van der Waals surface area contributed by atoms with Crippen LogP contribution in [0.2, 0.25) is 0 Å². The highest BCUT2D eigenvalue weighted by Crippen LogP contribution is 2.18. The maximum atomic E-state index is 11.8. The number of unbranched alkanes of at least 4 members (excludes halogenated alkanes) is 2. The van der Waals surface area contributed by atoms with E-state index in [0.29, 0.717) is 5.13 Å². The molecule has 0 saturated heterocycles. The van der Waals surface area contributed by atoms with Gasteiger partial charge in [-0.15, -0.1) is 10.2 Å². The number of anilines is 1. The van der Waals surface area contributed by atoms with Gasteiger partial charge in [-0.25, -0.2) is 4.79 Å². The van der Waals surface area contributed by atoms with E-state index in [-0.39, 0.29) is 18.5 Å². The van der Waals surface area contributed by atoms with E-state index in [4.69, 9.17) is 0 Å². The topological polar surface area (TPSA) is 87.1 Å². The molecule has 0 aliphatic rings. The zero-order valence-corrected chi connectivity index (χ0v) is 14.1. The van der Waals surface area contributed by atoms with E-state index in [1.54, 1.807) is 6.92 Å². The quantitative estimate of drug-likeness (QED) is 0.644. The second kappa shape index (κ2) is 8.29. The Morgan fingerprint density at radius 2 is 2.10 bits per heavy atom. The van der Waals surface area contributed by atoms with Crippen molar-refractivity contribution in [3.8, 4) is 0 Å². The monoisotopic (exact) mass is 314 g/mol. The Hall–Kier alpha value is -1.21. The maximum Gasteiger partial charge on any atom is 0.321 e. The first-order valence-electron chi connectivity index (χ1n) is 7.44. The minimum atomic E-state index is -0.927. The molecule has 0 radical (unpaired) electrons. The lowest BCUT2D eigenvalue weighted by Gasteiger charge is -2.27. The number of nitrogens with one attached hydrogen (secondary N) is 2. The van der Waals surface area contributed by atoms with E-state index in [0.717, 1.165) is 17.8 Å². The number of rotatable bonds is 8. The summed E-state index contributed by atoms with van der Waals surface area (Å²) in [4.78, 5) is 11.8. The molecule has 1 atom stereocenters. The molecule has 1 unspecified atom stereocenters. The molecule has 0 saturated carbocycles. The molecule has 1 heterocycles. The summed E-state index contributed by atoms with van der Waals surface area (Å²) in [5, 5.41) is 24.8. The van der Waals surface area contributed by atoms with Crippen molar-refractivity contribution >= 4 is 22.5 Å². The average molecular weight is 314 g/mol. The molecule has 0 aromatic carbocycles. The Morgan fingerprint density at radius 3 is 2.71 bits per heavy atom. The zero-order chi connectivity index (χ0) is 15.9. The van der Waals surface area contributed by atoms with Crippen LogP contribution in [-0.2, 0) is 6.42 Å². The van der Waals surface area contributed by atoms with Crippen molar-refractivity contribution < 1.29 is 9.90 Å². The van der Waals surface area contributed by atoms with Crippen molar-refractivity contribution in [1.82, 2.24) is 15.5 Å². The average Bonchev–Trinajstić information content (AvgIpc) is 2.84. The number of hydrogen-bond donors (Lipinski definition) is 3. The van der Waals surface area contributed by atoms with Crippen LogP contribution in [0.25, 0.3) is 0 Å². The molecule has 1 aromatic heterocycles. The molecule has 0 aliphatic heterocycles. The van der Waals surface area contributed by atoms with Crippen molar-refractivity contribution in [2.75, 3.05) is 11.9 Å². The van der Waals surface area contributed by atoms with Gasteiger partial charge in [-0.2, -0.15) is 0 Å². The van der Waals surface area contributed by atoms with E-state index in [1.165, 1.54) is 24.2 Å². The molecule has 1 rings (SSSR count). The molecule has 0 aliphatic carbocycles. The van der Waals surface area contributed by atoms with Gasteiger partial charge >= 0.3 is 6.03 Å². The minimum absolute atomic E-state index is 0.0597. The molecule has 3 N–H and O–H groups in total. The number of aromatic nitrogens is 2. The SMILES string of the molecule is CCCCCc1nnc(NC(=O)NCC(C)(O)C(C)C)s1. The van der Waals surface area contributed by atoms with Crippen molar-refractivity contribution in [2.45, 2.75) is 59.0 Å². The number of aryl methyl sites for hydroxylation is 1. The summed E-state index contributed by atoms with van der Waals surface area (Å²) >= 11 is 1.39. The molecule has 0 bridgehead atoms. The van der Waals surface area contributed by atoms with Gasteiger partial charge < -0.3 is 10.4 Å². The summed E-state index contributed by atoms with van der Waals surface area (Å²) in [5.74, 6) is 0.0597. The Balaban J connectivity index is 2.38. The summed E-state index contributed by atoms with van der Waals surface area (Å²) in [6.07, 6.45) is 4.33. The van der Waals surface area contributed by atoms with E-state index >= 15 is 0 Å². The number of nitrogens with zero attached hydrogens (tertiary/aromatic N) is 2. The van der Waals surface area contributed by atoms with Crippen LogP contribution in [0.15, 0.2) is 0 Å². The number of hydrogen-bond acceptors (Lipinski definition) is 5. The highest BCUT2D eigenvalue weighted by atomic mass is 32.1. The number of amides is 2. The minimum Gasteiger partial charge on any atom is -0.388 e. The fourth-order valence-corrected chi connectivity index (χ4v) is 2.31. The van der Waals surface area contributed by atoms with Crippen LogP contribution in [-0.4, -0.2) is 33.5 Å². The maximum absolute atomic E-state index is 11.8. The van der Waals surface area contributed by atoms with Gasteiger partial charge in [0.05, 0.1) is 5.60 Å². The highest BCUT2D eigenvalue weighted by Gasteiger charge is 2.25. The second-order valence-corrected chi connectivity index (χ2v) is 6.84. The number of carbonyl (C=O) groups excluding carboxylic acids is 1. The summed E-state index contributed by atoms with van der Waals surface area (Å²) in [6.45, 7) is 7.87. The number of aliphatic hydroxyl groups is 1. The van der Waals surface area contributed by atoms with Gasteiger partial charge in [-0.3, -0.25) is 5.32 Å². The van der Waals surface area contributed by atoms with Crippen LogP contribution in [0, 0.1) is 5.92 Å². The van der Waals surface area contributed by atoms with Crippen molar-refractivity contribution in [2.24, 2.45) is 5.92 Å². The van der Waals surface area contributed by atoms with Gasteiger partial charge in [-0.05, 0) is 19.3 Å². The molecular weight excluding hydrogens is 288 g/mol. The van der Waals surface area contributed by atoms with Gasteiger partial charge in [0.1, 0.15) is 5.01 Å². The third-order valence-corrected chi connectivity index (χ3v) is 4.43. The van der Waals surface area contributed by atoms with Crippen LogP contribution in [0.3, 0.4) is 0 Å². The Bertz CT molecular complexity index is 446. The van der Waals surface area contributed by atoms with Gasteiger partial charge in [0, 0.05) is 13.0 Å². The van der Waals surface area contributed by atoms with E-state index in [1.807, 2.05) is 13.8 Å². The standard InChI is InChI=1S/C14H26N4O2S/c1-5-6-7-8-11-17-18-13(21-11)16-12(19)15-9-14(4,20)10(2)3/h10,20H,5-9H2,1-4H3,(H2,15,16,18,19). The second-order valence-electron chi connectivity index (χ2n) is 5.78. The van der Waals surface area contributed by atoms with E-state index < -0.39 is 5.60 Å². The van der Waals surface area contributed by atoms with E-state index in [9.17, 15) is 9.90 Å². The Morgan fingerprint density at radius 1 is 1.38 bits per heavy atom. The smallest absolute Gasteiger partial charge is 0.321 e. The Kier molecular flexibility index (Phi) is 7.04. The Labute approximate surface area is 130 Å². The third-order valence-electron chi connectivity index (χ3n) is 3.53. The molecule has 0 spiro atoms. The largest absolute Gasteiger partial charge is 0.388 e. The van der Waals surface area contributed by atoms with Gasteiger partial charge in [-0.1, -0.05) is 44.9 Å². The highest BCUT2D eigenvalue weighted by molar-refractivity contribution is 7.15. The van der Waals surface area contributed by atoms with Crippen LogP contribution < -0.4 is 10.6 Å². The van der Waals surface area contributed by atoms with E-state index in [2.05, 4.69) is 27.8 Å². The van der Waals surface area contributed by atoms with Gasteiger partial charge in [0.15, 0.2) is 0 Å². The fraction of sp³-hybridized carbons (Fsp3) is 0.786. The summed E-state index contributed by atoms with van der Waals surface area (Å²) < 4.78 is 0. The van der Waals surface area contributed by atoms with Gasteiger partial charge in [0.2, 0.25) is 5.13 Å². The molecule has 1 aromatic rings. The predicted octanol–water partition coefficient (Wildman–Crippen LogP) is 2.80. The number of urea groups is 1. The third kappa shape index (κ3) is 6.39. The van der Waals surface area contributed by atoms with Crippen LogP contribution >= 0.6 is 11.3 Å². The zero-order valence-electron chi connectivity index (χ0n) is 13.3. The first kappa shape index (κ1) is 17.8. The molecule has 21 heavy (non-hydrogen) atoms. The number of carbonyl (C=O) groups is 1. The van der Waals surface area contributed by atoms with Crippen LogP contribution in [0.1, 0.15) is 52.0 Å². The normalized spacial score (nSPS) is 14.0. The van der Waals surface area contributed by atoms with Gasteiger partial charge in [0.25, 0.3) is 0 Å². The first-order chi connectivity index (χ1) is 9.85. The summed E-state index contributed by atoms with van der Waals surface area (Å²) in [5.41, 5.74) is -0.927. The molecule has 6 nitrogen and oxygen atoms in total. The van der Waals surface area contributed by atoms with Crippen molar-refractivity contribution in [3.63, 3.8) is 0 Å². The lowest BCUT2D eigenvalue weighted by Crippen LogP contribution is -2.45. The molecular formula is C14H26N4O2S. The van der Waals surface area contributed by atoms with Crippen LogP contribution in [0.4, 0.5) is 9.93 Å². The van der Waals surface area contributed by atoms with Crippen molar-refractivity contribution in [1.29, 1.82) is 0 Å².